The van der Waals surface area contributed by atoms with Crippen molar-refractivity contribution in [1.29, 1.82) is 0 Å². The number of sulfone groups is 1. The monoisotopic (exact) mass is 402 g/mol. The fourth-order valence-electron chi connectivity index (χ4n) is 1.95. The molecule has 2 aromatic carbocycles. The number of rotatable bonds is 6. The zero-order valence-electron chi connectivity index (χ0n) is 13.1. The summed E-state index contributed by atoms with van der Waals surface area (Å²) < 4.78 is 49.7. The van der Waals surface area contributed by atoms with Crippen LogP contribution in [0.25, 0.3) is 0 Å². The fourth-order valence-corrected chi connectivity index (χ4v) is 3.18. The summed E-state index contributed by atoms with van der Waals surface area (Å²) in [7, 11) is -4.05. The summed E-state index contributed by atoms with van der Waals surface area (Å²) in [5.41, 5.74) is 0.337. The van der Waals surface area contributed by atoms with E-state index in [0.717, 1.165) is 24.3 Å². The number of hydrogen-bond donors (Lipinski definition) is 2. The predicted molar refractivity (Wildman–Crippen MR) is 93.7 cm³/mol. The van der Waals surface area contributed by atoms with Crippen LogP contribution in [-0.4, -0.2) is 31.7 Å². The Morgan fingerprint density at radius 2 is 1.38 bits per heavy atom. The molecule has 2 rings (SSSR count). The van der Waals surface area contributed by atoms with Crippen LogP contribution in [0.15, 0.2) is 42.5 Å². The minimum atomic E-state index is -4.05. The minimum Gasteiger partial charge on any atom is -0.325 e. The van der Waals surface area contributed by atoms with Gasteiger partial charge in [0.05, 0.1) is 5.02 Å². The first-order valence-corrected chi connectivity index (χ1v) is 9.35. The van der Waals surface area contributed by atoms with Crippen LogP contribution >= 0.6 is 11.6 Å². The molecule has 138 valence electrons. The molecule has 0 unspecified atom stereocenters. The molecular formula is C16H13ClF2N2O4S. The van der Waals surface area contributed by atoms with Gasteiger partial charge >= 0.3 is 0 Å². The number of nitrogens with one attached hydrogen (secondary N) is 2. The first-order chi connectivity index (χ1) is 12.1. The molecule has 0 aliphatic carbocycles. The summed E-state index contributed by atoms with van der Waals surface area (Å²) in [4.78, 5) is 23.6. The van der Waals surface area contributed by atoms with Gasteiger partial charge in [0.15, 0.2) is 9.84 Å². The van der Waals surface area contributed by atoms with Crippen LogP contribution in [0, 0.1) is 11.6 Å². The molecule has 0 aliphatic rings. The smallest absolute Gasteiger partial charge is 0.239 e. The summed E-state index contributed by atoms with van der Waals surface area (Å²) >= 11 is 5.57. The lowest BCUT2D eigenvalue weighted by Crippen LogP contribution is -2.30. The highest BCUT2D eigenvalue weighted by Crippen LogP contribution is 2.19. The second kappa shape index (κ2) is 8.24. The Balaban J connectivity index is 1.92. The van der Waals surface area contributed by atoms with Crippen LogP contribution in [-0.2, 0) is 19.4 Å². The Kier molecular flexibility index (Phi) is 6.27. The van der Waals surface area contributed by atoms with Crippen LogP contribution < -0.4 is 10.6 Å². The van der Waals surface area contributed by atoms with Crippen molar-refractivity contribution in [1.82, 2.24) is 0 Å². The molecule has 0 aliphatic heterocycles. The summed E-state index contributed by atoms with van der Waals surface area (Å²) in [5.74, 6) is -4.83. The van der Waals surface area contributed by atoms with Crippen LogP contribution in [0.4, 0.5) is 20.2 Å². The highest BCUT2D eigenvalue weighted by atomic mass is 35.5. The van der Waals surface area contributed by atoms with E-state index in [1.807, 2.05) is 0 Å². The first kappa shape index (κ1) is 19.8. The van der Waals surface area contributed by atoms with E-state index in [2.05, 4.69) is 10.6 Å². The molecule has 2 aromatic rings. The van der Waals surface area contributed by atoms with E-state index < -0.39 is 44.8 Å². The third kappa shape index (κ3) is 6.08. The van der Waals surface area contributed by atoms with E-state index in [-0.39, 0.29) is 16.4 Å². The third-order valence-corrected chi connectivity index (χ3v) is 4.73. The molecule has 0 atom stereocenters. The lowest BCUT2D eigenvalue weighted by atomic mass is 10.3. The van der Waals surface area contributed by atoms with Gasteiger partial charge in [0.1, 0.15) is 23.1 Å². The molecule has 0 bridgehead atoms. The molecule has 2 N–H and O–H groups in total. The first-order valence-electron chi connectivity index (χ1n) is 7.15. The number of carbonyl (C=O) groups is 2. The number of halogens is 3. The van der Waals surface area contributed by atoms with Crippen LogP contribution in [0.1, 0.15) is 0 Å². The van der Waals surface area contributed by atoms with Gasteiger partial charge in [-0.3, -0.25) is 9.59 Å². The van der Waals surface area contributed by atoms with Crippen molar-refractivity contribution in [3.05, 3.63) is 59.1 Å². The molecule has 6 nitrogen and oxygen atoms in total. The number of amides is 2. The second-order valence-corrected chi connectivity index (χ2v) is 7.74. The molecular weight excluding hydrogens is 390 g/mol. The zero-order valence-corrected chi connectivity index (χ0v) is 14.7. The summed E-state index contributed by atoms with van der Waals surface area (Å²) in [6.07, 6.45) is 0. The quantitative estimate of drug-likeness (QED) is 0.776. The Bertz CT molecular complexity index is 934. The summed E-state index contributed by atoms with van der Waals surface area (Å²) in [5, 5.41) is 4.31. The van der Waals surface area contributed by atoms with Crippen LogP contribution in [0.2, 0.25) is 5.02 Å². The molecule has 0 fully saturated rings. The lowest BCUT2D eigenvalue weighted by molar-refractivity contribution is -0.114. The maximum atomic E-state index is 13.0. The maximum Gasteiger partial charge on any atom is 0.239 e. The van der Waals surface area contributed by atoms with Crippen molar-refractivity contribution in [2.24, 2.45) is 0 Å². The van der Waals surface area contributed by atoms with Gasteiger partial charge in [-0.2, -0.15) is 0 Å². The molecule has 0 saturated heterocycles. The van der Waals surface area contributed by atoms with Crippen LogP contribution in [0.5, 0.6) is 0 Å². The van der Waals surface area contributed by atoms with Gasteiger partial charge in [0.25, 0.3) is 0 Å². The third-order valence-electron chi connectivity index (χ3n) is 3.03. The van der Waals surface area contributed by atoms with Gasteiger partial charge in [-0.15, -0.1) is 0 Å². The van der Waals surface area contributed by atoms with E-state index in [0.29, 0.717) is 0 Å². The molecule has 0 heterocycles. The Hall–Kier alpha value is -2.52. The maximum absolute atomic E-state index is 13.0. The number of hydrogen-bond acceptors (Lipinski definition) is 4. The van der Waals surface area contributed by atoms with Crippen LogP contribution in [0.3, 0.4) is 0 Å². The van der Waals surface area contributed by atoms with Crippen molar-refractivity contribution < 1.29 is 26.8 Å². The average molecular weight is 403 g/mol. The molecule has 2 amide bonds. The normalized spacial score (nSPS) is 11.0. The topological polar surface area (TPSA) is 92.3 Å². The summed E-state index contributed by atoms with van der Waals surface area (Å²) in [6.45, 7) is 0. The second-order valence-electron chi connectivity index (χ2n) is 5.26. The number of anilines is 2. The van der Waals surface area contributed by atoms with Crippen molar-refractivity contribution in [3.63, 3.8) is 0 Å². The molecule has 0 radical (unpaired) electrons. The van der Waals surface area contributed by atoms with E-state index in [1.54, 1.807) is 0 Å². The highest BCUT2D eigenvalue weighted by molar-refractivity contribution is 7.92. The van der Waals surface area contributed by atoms with E-state index in [1.165, 1.54) is 18.2 Å². The van der Waals surface area contributed by atoms with Crippen molar-refractivity contribution in [2.45, 2.75) is 0 Å². The predicted octanol–water partition coefficient (Wildman–Crippen LogP) is 2.61. The SMILES string of the molecule is O=C(CS(=O)(=O)CC(=O)Nc1ccc(F)c(Cl)c1)Nc1ccc(F)cc1. The van der Waals surface area contributed by atoms with Gasteiger partial charge < -0.3 is 10.6 Å². The van der Waals surface area contributed by atoms with E-state index in [4.69, 9.17) is 11.6 Å². The summed E-state index contributed by atoms with van der Waals surface area (Å²) in [6, 6.07) is 8.10. The van der Waals surface area contributed by atoms with E-state index >= 15 is 0 Å². The largest absolute Gasteiger partial charge is 0.325 e. The van der Waals surface area contributed by atoms with E-state index in [9.17, 15) is 26.8 Å². The molecule has 0 spiro atoms. The van der Waals surface area contributed by atoms with Gasteiger partial charge in [0.2, 0.25) is 11.8 Å². The van der Waals surface area contributed by atoms with Crippen molar-refractivity contribution in [2.75, 3.05) is 22.1 Å². The van der Waals surface area contributed by atoms with Gasteiger partial charge in [-0.1, -0.05) is 11.6 Å². The number of carbonyl (C=O) groups excluding carboxylic acids is 2. The zero-order chi connectivity index (χ0) is 19.3. The minimum absolute atomic E-state index is 0.118. The molecule has 10 heteroatoms. The van der Waals surface area contributed by atoms with Crippen molar-refractivity contribution in [3.8, 4) is 0 Å². The lowest BCUT2D eigenvalue weighted by Gasteiger charge is -2.08. The Labute approximate surface area is 153 Å². The molecule has 26 heavy (non-hydrogen) atoms. The Morgan fingerprint density at radius 1 is 0.885 bits per heavy atom. The molecule has 0 aromatic heterocycles. The highest BCUT2D eigenvalue weighted by Gasteiger charge is 2.21. The average Bonchev–Trinajstić information content (AvgIpc) is 2.52. The van der Waals surface area contributed by atoms with Gasteiger partial charge in [0, 0.05) is 11.4 Å². The fraction of sp³-hybridized carbons (Fsp3) is 0.125. The number of benzene rings is 2. The van der Waals surface area contributed by atoms with Gasteiger partial charge in [-0.05, 0) is 42.5 Å². The van der Waals surface area contributed by atoms with Gasteiger partial charge in [-0.25, -0.2) is 17.2 Å². The van der Waals surface area contributed by atoms with Crippen molar-refractivity contribution >= 4 is 44.6 Å². The Morgan fingerprint density at radius 3 is 1.92 bits per heavy atom. The molecule has 0 saturated carbocycles. The standard InChI is InChI=1S/C16H13ClF2N2O4S/c17-13-7-12(5-6-14(13)19)21-16(23)9-26(24,25)8-15(22)20-11-3-1-10(18)2-4-11/h1-7H,8-9H2,(H,20,22)(H,21,23).